The summed E-state index contributed by atoms with van der Waals surface area (Å²) in [6.07, 6.45) is 0.383. The van der Waals surface area contributed by atoms with Crippen LogP contribution in [0.2, 0.25) is 0 Å². The average molecular weight is 364 g/mol. The molecular weight excluding hydrogens is 340 g/mol. The van der Waals surface area contributed by atoms with Crippen LogP contribution in [-0.2, 0) is 19.9 Å². The standard InChI is InChI=1S/C22H24N2O3/c1-4-22(15-10-6-5-7-11-15)19(25)18(21(27)24-22)20(26)23-17-13-9-8-12-16(17)14(2)3/h5-14,18H,4H2,1-3H3,(H,23,26)(H,24,27). The van der Waals surface area contributed by atoms with Crippen molar-refractivity contribution >= 4 is 23.3 Å². The molecule has 0 bridgehead atoms. The van der Waals surface area contributed by atoms with Crippen molar-refractivity contribution < 1.29 is 14.4 Å². The Labute approximate surface area is 159 Å². The van der Waals surface area contributed by atoms with E-state index >= 15 is 0 Å². The number of rotatable bonds is 5. The molecule has 5 nitrogen and oxygen atoms in total. The normalized spacial score (nSPS) is 22.0. The number of nitrogens with one attached hydrogen (secondary N) is 2. The molecule has 1 aliphatic heterocycles. The lowest BCUT2D eigenvalue weighted by molar-refractivity contribution is -0.135. The number of hydrogen-bond donors (Lipinski definition) is 2. The molecule has 2 amide bonds. The molecule has 0 spiro atoms. The first-order valence-corrected chi connectivity index (χ1v) is 9.22. The minimum absolute atomic E-state index is 0.202. The van der Waals surface area contributed by atoms with E-state index < -0.39 is 29.1 Å². The number of hydrogen-bond acceptors (Lipinski definition) is 3. The van der Waals surface area contributed by atoms with Crippen LogP contribution in [0.15, 0.2) is 54.6 Å². The van der Waals surface area contributed by atoms with Gasteiger partial charge in [-0.1, -0.05) is 69.3 Å². The van der Waals surface area contributed by atoms with Gasteiger partial charge in [-0.15, -0.1) is 0 Å². The summed E-state index contributed by atoms with van der Waals surface area (Å²) < 4.78 is 0. The quantitative estimate of drug-likeness (QED) is 0.799. The smallest absolute Gasteiger partial charge is 0.244 e. The topological polar surface area (TPSA) is 75.3 Å². The monoisotopic (exact) mass is 364 g/mol. The van der Waals surface area contributed by atoms with Crippen molar-refractivity contribution in [1.29, 1.82) is 0 Å². The Morgan fingerprint density at radius 3 is 2.33 bits per heavy atom. The fraction of sp³-hybridized carbons (Fsp3) is 0.318. The molecule has 0 radical (unpaired) electrons. The Hall–Kier alpha value is -2.95. The minimum Gasteiger partial charge on any atom is -0.339 e. The Morgan fingerprint density at radius 1 is 1.07 bits per heavy atom. The first kappa shape index (κ1) is 18.8. The highest BCUT2D eigenvalue weighted by atomic mass is 16.2. The van der Waals surface area contributed by atoms with E-state index in [0.717, 1.165) is 5.56 Å². The zero-order valence-corrected chi connectivity index (χ0v) is 15.8. The van der Waals surface area contributed by atoms with Crippen LogP contribution in [-0.4, -0.2) is 17.6 Å². The summed E-state index contributed by atoms with van der Waals surface area (Å²) in [7, 11) is 0. The predicted octanol–water partition coefficient (Wildman–Crippen LogP) is 3.37. The van der Waals surface area contributed by atoms with E-state index in [-0.39, 0.29) is 5.92 Å². The molecule has 2 atom stereocenters. The molecule has 0 aliphatic carbocycles. The summed E-state index contributed by atoms with van der Waals surface area (Å²) in [5.41, 5.74) is 1.13. The molecule has 1 fully saturated rings. The summed E-state index contributed by atoms with van der Waals surface area (Å²) in [6, 6.07) is 16.5. The van der Waals surface area contributed by atoms with Crippen LogP contribution in [0.1, 0.15) is 44.2 Å². The van der Waals surface area contributed by atoms with Gasteiger partial charge in [0.15, 0.2) is 11.7 Å². The highest BCUT2D eigenvalue weighted by molar-refractivity contribution is 6.27. The molecule has 27 heavy (non-hydrogen) atoms. The molecule has 0 aromatic heterocycles. The van der Waals surface area contributed by atoms with Crippen molar-refractivity contribution in [3.8, 4) is 0 Å². The van der Waals surface area contributed by atoms with E-state index in [1.807, 2.05) is 57.2 Å². The fourth-order valence-corrected chi connectivity index (χ4v) is 3.67. The van der Waals surface area contributed by atoms with Crippen LogP contribution < -0.4 is 10.6 Å². The van der Waals surface area contributed by atoms with Crippen molar-refractivity contribution in [3.63, 3.8) is 0 Å². The molecule has 5 heteroatoms. The third-order valence-corrected chi connectivity index (χ3v) is 5.18. The van der Waals surface area contributed by atoms with Crippen LogP contribution >= 0.6 is 0 Å². The Morgan fingerprint density at radius 2 is 1.70 bits per heavy atom. The zero-order valence-electron chi connectivity index (χ0n) is 15.8. The van der Waals surface area contributed by atoms with Crippen LogP contribution in [0.3, 0.4) is 0 Å². The highest BCUT2D eigenvalue weighted by Crippen LogP contribution is 2.35. The molecule has 140 valence electrons. The summed E-state index contributed by atoms with van der Waals surface area (Å²) in [6.45, 7) is 5.88. The molecule has 1 heterocycles. The van der Waals surface area contributed by atoms with Crippen molar-refractivity contribution in [2.24, 2.45) is 5.92 Å². The zero-order chi connectivity index (χ0) is 19.6. The van der Waals surface area contributed by atoms with Gasteiger partial charge in [-0.3, -0.25) is 14.4 Å². The minimum atomic E-state index is -1.36. The number of benzene rings is 2. The first-order valence-electron chi connectivity index (χ1n) is 9.22. The van der Waals surface area contributed by atoms with E-state index in [1.165, 1.54) is 0 Å². The number of para-hydroxylation sites is 1. The lowest BCUT2D eigenvalue weighted by Gasteiger charge is -2.26. The van der Waals surface area contributed by atoms with Gasteiger partial charge in [0.05, 0.1) is 0 Å². The van der Waals surface area contributed by atoms with Crippen molar-refractivity contribution in [2.75, 3.05) is 5.32 Å². The van der Waals surface area contributed by atoms with Crippen molar-refractivity contribution in [3.05, 3.63) is 65.7 Å². The fourth-order valence-electron chi connectivity index (χ4n) is 3.67. The Bertz CT molecular complexity index is 876. The highest BCUT2D eigenvalue weighted by Gasteiger charge is 2.55. The van der Waals surface area contributed by atoms with Gasteiger partial charge >= 0.3 is 0 Å². The van der Waals surface area contributed by atoms with Crippen molar-refractivity contribution in [1.82, 2.24) is 5.32 Å². The van der Waals surface area contributed by atoms with E-state index in [0.29, 0.717) is 17.7 Å². The Balaban J connectivity index is 1.91. The van der Waals surface area contributed by atoms with Crippen LogP contribution in [0.4, 0.5) is 5.69 Å². The maximum absolute atomic E-state index is 13.2. The number of carbonyl (C=O) groups is 3. The van der Waals surface area contributed by atoms with Gasteiger partial charge in [0, 0.05) is 5.69 Å². The molecule has 2 N–H and O–H groups in total. The molecular formula is C22H24N2O3. The molecule has 2 aromatic rings. The van der Waals surface area contributed by atoms with Gasteiger partial charge in [0.2, 0.25) is 11.8 Å². The number of carbonyl (C=O) groups excluding carboxylic acids is 3. The predicted molar refractivity (Wildman–Crippen MR) is 104 cm³/mol. The van der Waals surface area contributed by atoms with Crippen LogP contribution in [0.25, 0.3) is 0 Å². The van der Waals surface area contributed by atoms with E-state index in [2.05, 4.69) is 10.6 Å². The molecule has 2 unspecified atom stereocenters. The summed E-state index contributed by atoms with van der Waals surface area (Å²) >= 11 is 0. The maximum atomic E-state index is 13.2. The van der Waals surface area contributed by atoms with Crippen molar-refractivity contribution in [2.45, 2.75) is 38.6 Å². The second-order valence-corrected chi connectivity index (χ2v) is 7.14. The number of Topliss-reactive ketones (excluding diaryl/α,β-unsaturated/α-hetero) is 1. The third kappa shape index (κ3) is 3.25. The lowest BCUT2D eigenvalue weighted by atomic mass is 9.82. The van der Waals surface area contributed by atoms with E-state index in [4.69, 9.17) is 0 Å². The molecule has 2 aromatic carbocycles. The second-order valence-electron chi connectivity index (χ2n) is 7.14. The maximum Gasteiger partial charge on any atom is 0.244 e. The number of anilines is 1. The van der Waals surface area contributed by atoms with Gasteiger partial charge in [0.1, 0.15) is 5.54 Å². The van der Waals surface area contributed by atoms with Gasteiger partial charge in [-0.2, -0.15) is 0 Å². The van der Waals surface area contributed by atoms with E-state index in [9.17, 15) is 14.4 Å². The van der Waals surface area contributed by atoms with Gasteiger partial charge in [-0.05, 0) is 29.5 Å². The Kier molecular flexibility index (Phi) is 5.13. The number of amides is 2. The lowest BCUT2D eigenvalue weighted by Crippen LogP contribution is -2.43. The third-order valence-electron chi connectivity index (χ3n) is 5.18. The molecule has 0 saturated carbocycles. The summed E-state index contributed by atoms with van der Waals surface area (Å²) in [4.78, 5) is 38.6. The van der Waals surface area contributed by atoms with E-state index in [1.54, 1.807) is 18.2 Å². The molecule has 3 rings (SSSR count). The van der Waals surface area contributed by atoms with Gasteiger partial charge in [0.25, 0.3) is 0 Å². The first-order chi connectivity index (χ1) is 12.9. The SMILES string of the molecule is CCC1(c2ccccc2)NC(=O)C(C(=O)Nc2ccccc2C(C)C)C1=O. The molecule has 1 aliphatic rings. The van der Waals surface area contributed by atoms with Crippen LogP contribution in [0, 0.1) is 5.92 Å². The molecule has 1 saturated heterocycles. The van der Waals surface area contributed by atoms with Gasteiger partial charge < -0.3 is 10.6 Å². The number of ketones is 1. The largest absolute Gasteiger partial charge is 0.339 e. The van der Waals surface area contributed by atoms with Gasteiger partial charge in [-0.25, -0.2) is 0 Å². The average Bonchev–Trinajstić information content (AvgIpc) is 2.93. The van der Waals surface area contributed by atoms with Crippen LogP contribution in [0.5, 0.6) is 0 Å². The second kappa shape index (κ2) is 7.35. The summed E-state index contributed by atoms with van der Waals surface area (Å²) in [5.74, 6) is -2.69. The summed E-state index contributed by atoms with van der Waals surface area (Å²) in [5, 5.41) is 5.58.